The lowest BCUT2D eigenvalue weighted by molar-refractivity contribution is -0.130. The van der Waals surface area contributed by atoms with Crippen molar-refractivity contribution < 1.29 is 13.6 Å². The number of hydrogen-bond acceptors (Lipinski definition) is 6. The van der Waals surface area contributed by atoms with Crippen LogP contribution < -0.4 is 0 Å². The topological polar surface area (TPSA) is 75.6 Å². The van der Waals surface area contributed by atoms with Gasteiger partial charge in [0, 0.05) is 33.1 Å². The number of furan rings is 1. The molecule has 1 aliphatic heterocycles. The molecule has 7 nitrogen and oxygen atoms in total. The second-order valence-electron chi connectivity index (χ2n) is 4.76. The van der Waals surface area contributed by atoms with Gasteiger partial charge in [-0.2, -0.15) is 0 Å². The summed E-state index contributed by atoms with van der Waals surface area (Å²) in [5.41, 5.74) is 0. The third-order valence-corrected chi connectivity index (χ3v) is 3.38. The molecule has 0 N–H and O–H groups in total. The first-order chi connectivity index (χ1) is 9.72. The fraction of sp³-hybridized carbons (Fsp3) is 0.462. The van der Waals surface area contributed by atoms with Crippen LogP contribution in [0.1, 0.15) is 12.8 Å². The number of hydrogen-bond donors (Lipinski definition) is 0. The highest BCUT2D eigenvalue weighted by Crippen LogP contribution is 2.18. The van der Waals surface area contributed by atoms with E-state index < -0.39 is 0 Å². The molecule has 106 valence electrons. The smallest absolute Gasteiger partial charge is 0.283 e. The lowest BCUT2D eigenvalue weighted by atomic mass is 10.3. The van der Waals surface area contributed by atoms with Crippen molar-refractivity contribution in [3.63, 3.8) is 0 Å². The molecule has 1 saturated heterocycles. The molecule has 0 unspecified atom stereocenters. The Morgan fingerprint density at radius 1 is 1.30 bits per heavy atom. The van der Waals surface area contributed by atoms with Crippen LogP contribution in [-0.4, -0.2) is 52.1 Å². The molecule has 1 amide bonds. The Morgan fingerprint density at radius 3 is 2.75 bits per heavy atom. The van der Waals surface area contributed by atoms with Gasteiger partial charge in [0.25, 0.3) is 5.89 Å². The van der Waals surface area contributed by atoms with Gasteiger partial charge in [-0.15, -0.1) is 10.2 Å². The normalized spacial score (nSPS) is 16.6. The first-order valence-electron chi connectivity index (χ1n) is 6.56. The molecule has 0 radical (unpaired) electrons. The van der Waals surface area contributed by atoms with E-state index in [0.717, 1.165) is 26.2 Å². The van der Waals surface area contributed by atoms with Gasteiger partial charge in [0.15, 0.2) is 5.76 Å². The molecule has 7 heteroatoms. The highest BCUT2D eigenvalue weighted by atomic mass is 16.4. The molecule has 0 bridgehead atoms. The number of carbonyl (C=O) groups is 1. The van der Waals surface area contributed by atoms with Gasteiger partial charge in [-0.3, -0.25) is 9.69 Å². The summed E-state index contributed by atoms with van der Waals surface area (Å²) in [5, 5.41) is 7.99. The van der Waals surface area contributed by atoms with Crippen LogP contribution in [0.4, 0.5) is 0 Å². The minimum absolute atomic E-state index is 0.127. The monoisotopic (exact) mass is 276 g/mol. The van der Waals surface area contributed by atoms with Gasteiger partial charge in [0.1, 0.15) is 0 Å². The van der Waals surface area contributed by atoms with E-state index in [4.69, 9.17) is 8.83 Å². The van der Waals surface area contributed by atoms with Crippen LogP contribution in [0.5, 0.6) is 0 Å². The second-order valence-corrected chi connectivity index (χ2v) is 4.76. The molecule has 0 atom stereocenters. The minimum Gasteiger partial charge on any atom is -0.459 e. The maximum Gasteiger partial charge on any atom is 0.283 e. The highest BCUT2D eigenvalue weighted by molar-refractivity contribution is 5.73. The molecule has 0 spiro atoms. The number of nitrogens with zero attached hydrogens (tertiary/aromatic N) is 4. The SMILES string of the molecule is CC(=O)N1CCN(Cc2nnc(-c3ccco3)o2)CC1. The number of amides is 1. The maximum absolute atomic E-state index is 11.3. The highest BCUT2D eigenvalue weighted by Gasteiger charge is 2.20. The van der Waals surface area contributed by atoms with E-state index in [9.17, 15) is 4.79 Å². The van der Waals surface area contributed by atoms with Gasteiger partial charge in [0.05, 0.1) is 12.8 Å². The van der Waals surface area contributed by atoms with Crippen LogP contribution >= 0.6 is 0 Å². The van der Waals surface area contributed by atoms with Crippen molar-refractivity contribution in [2.75, 3.05) is 26.2 Å². The zero-order valence-electron chi connectivity index (χ0n) is 11.3. The first kappa shape index (κ1) is 12.9. The zero-order chi connectivity index (χ0) is 13.9. The minimum atomic E-state index is 0.127. The summed E-state index contributed by atoms with van der Waals surface area (Å²) in [4.78, 5) is 15.3. The van der Waals surface area contributed by atoms with Crippen LogP contribution in [0, 0.1) is 0 Å². The summed E-state index contributed by atoms with van der Waals surface area (Å²) in [7, 11) is 0. The Kier molecular flexibility index (Phi) is 3.51. The Bertz CT molecular complexity index is 570. The van der Waals surface area contributed by atoms with Gasteiger partial charge in [-0.25, -0.2) is 0 Å². The fourth-order valence-electron chi connectivity index (χ4n) is 2.23. The molecular weight excluding hydrogens is 260 g/mol. The van der Waals surface area contributed by atoms with Crippen LogP contribution in [0.3, 0.4) is 0 Å². The van der Waals surface area contributed by atoms with Crippen molar-refractivity contribution in [1.82, 2.24) is 20.0 Å². The molecular formula is C13H16N4O3. The van der Waals surface area contributed by atoms with Gasteiger partial charge in [-0.1, -0.05) is 0 Å². The van der Waals surface area contributed by atoms with E-state index in [1.54, 1.807) is 25.3 Å². The van der Waals surface area contributed by atoms with Crippen LogP contribution in [0.25, 0.3) is 11.7 Å². The number of rotatable bonds is 3. The third-order valence-electron chi connectivity index (χ3n) is 3.38. The predicted molar refractivity (Wildman–Crippen MR) is 69.5 cm³/mol. The lowest BCUT2D eigenvalue weighted by Crippen LogP contribution is -2.47. The zero-order valence-corrected chi connectivity index (χ0v) is 11.3. The Balaban J connectivity index is 1.58. The molecule has 20 heavy (non-hydrogen) atoms. The molecule has 0 aliphatic carbocycles. The summed E-state index contributed by atoms with van der Waals surface area (Å²) < 4.78 is 10.8. The standard InChI is InChI=1S/C13H16N4O3/c1-10(18)17-6-4-16(5-7-17)9-12-14-15-13(20-12)11-3-2-8-19-11/h2-3,8H,4-7,9H2,1H3. The lowest BCUT2D eigenvalue weighted by Gasteiger charge is -2.33. The average Bonchev–Trinajstić information content (AvgIpc) is 3.09. The van der Waals surface area contributed by atoms with Gasteiger partial charge in [0.2, 0.25) is 11.8 Å². The van der Waals surface area contributed by atoms with Crippen LogP contribution in [0.15, 0.2) is 27.2 Å². The fourth-order valence-corrected chi connectivity index (χ4v) is 2.23. The van der Waals surface area contributed by atoms with E-state index in [-0.39, 0.29) is 5.91 Å². The van der Waals surface area contributed by atoms with Gasteiger partial charge < -0.3 is 13.7 Å². The van der Waals surface area contributed by atoms with E-state index in [1.807, 2.05) is 4.90 Å². The van der Waals surface area contributed by atoms with Crippen LogP contribution in [-0.2, 0) is 11.3 Å². The molecule has 0 saturated carbocycles. The summed E-state index contributed by atoms with van der Waals surface area (Å²) in [5.74, 6) is 1.66. The Morgan fingerprint density at radius 2 is 2.10 bits per heavy atom. The van der Waals surface area contributed by atoms with E-state index in [0.29, 0.717) is 24.1 Å². The molecule has 3 heterocycles. The number of aromatic nitrogens is 2. The quantitative estimate of drug-likeness (QED) is 0.832. The molecule has 1 fully saturated rings. The average molecular weight is 276 g/mol. The van der Waals surface area contributed by atoms with Crippen molar-refractivity contribution in [1.29, 1.82) is 0 Å². The van der Waals surface area contributed by atoms with E-state index >= 15 is 0 Å². The molecule has 2 aromatic heterocycles. The summed E-state index contributed by atoms with van der Waals surface area (Å²) in [6.07, 6.45) is 1.57. The second kappa shape index (κ2) is 5.46. The van der Waals surface area contributed by atoms with Crippen molar-refractivity contribution in [2.24, 2.45) is 0 Å². The number of carbonyl (C=O) groups excluding carboxylic acids is 1. The maximum atomic E-state index is 11.3. The largest absolute Gasteiger partial charge is 0.459 e. The predicted octanol–water partition coefficient (Wildman–Crippen LogP) is 0.994. The van der Waals surface area contributed by atoms with E-state index in [1.165, 1.54) is 0 Å². The van der Waals surface area contributed by atoms with Gasteiger partial charge in [-0.05, 0) is 12.1 Å². The van der Waals surface area contributed by atoms with Crippen molar-refractivity contribution >= 4 is 5.91 Å². The van der Waals surface area contributed by atoms with Gasteiger partial charge >= 0.3 is 0 Å². The molecule has 1 aliphatic rings. The first-order valence-corrected chi connectivity index (χ1v) is 6.56. The van der Waals surface area contributed by atoms with Crippen molar-refractivity contribution in [3.05, 3.63) is 24.3 Å². The third kappa shape index (κ3) is 2.72. The Labute approximate surface area is 116 Å². The van der Waals surface area contributed by atoms with Crippen LogP contribution in [0.2, 0.25) is 0 Å². The summed E-state index contributed by atoms with van der Waals surface area (Å²) in [6.45, 7) is 5.32. The molecule has 0 aromatic carbocycles. The number of piperazine rings is 1. The molecule has 3 rings (SSSR count). The Hall–Kier alpha value is -2.15. The summed E-state index contributed by atoms with van der Waals surface area (Å²) in [6, 6.07) is 3.56. The summed E-state index contributed by atoms with van der Waals surface area (Å²) >= 11 is 0. The van der Waals surface area contributed by atoms with Crippen molar-refractivity contribution in [2.45, 2.75) is 13.5 Å². The van der Waals surface area contributed by atoms with Crippen molar-refractivity contribution in [3.8, 4) is 11.7 Å². The van der Waals surface area contributed by atoms with E-state index in [2.05, 4.69) is 15.1 Å². The molecule has 2 aromatic rings.